The predicted molar refractivity (Wildman–Crippen MR) is 127 cm³/mol. The van der Waals surface area contributed by atoms with Gasteiger partial charge in [-0.2, -0.15) is 0 Å². The van der Waals surface area contributed by atoms with Crippen LogP contribution in [0.2, 0.25) is 0 Å². The highest BCUT2D eigenvalue weighted by Gasteiger charge is 2.36. The Bertz CT molecular complexity index is 1200. The minimum Gasteiger partial charge on any atom is -0.496 e. The van der Waals surface area contributed by atoms with Crippen LogP contribution >= 0.6 is 0 Å². The molecule has 4 aromatic rings. The number of tetrazole rings is 1. The topological polar surface area (TPSA) is 69.2 Å². The van der Waals surface area contributed by atoms with Crippen molar-refractivity contribution in [3.63, 3.8) is 0 Å². The summed E-state index contributed by atoms with van der Waals surface area (Å²) in [5.41, 5.74) is 1.94. The van der Waals surface area contributed by atoms with E-state index in [-0.39, 0.29) is 11.6 Å². The molecule has 7 heteroatoms. The summed E-state index contributed by atoms with van der Waals surface area (Å²) in [4.78, 5) is 2.46. The zero-order chi connectivity index (χ0) is 23.0. The van der Waals surface area contributed by atoms with Crippen molar-refractivity contribution in [2.75, 3.05) is 20.2 Å². The lowest BCUT2D eigenvalue weighted by atomic mass is 9.88. The van der Waals surface area contributed by atoms with Gasteiger partial charge in [0.1, 0.15) is 23.1 Å². The first-order valence-electron chi connectivity index (χ1n) is 11.6. The van der Waals surface area contributed by atoms with Crippen LogP contribution in [0.4, 0.5) is 0 Å². The average Bonchev–Trinajstić information content (AvgIpc) is 3.47. The first kappa shape index (κ1) is 21.6. The highest BCUT2D eigenvalue weighted by atomic mass is 16.5. The average molecular weight is 446 g/mol. The molecule has 1 unspecified atom stereocenters. The maximum absolute atomic E-state index is 6.35. The summed E-state index contributed by atoms with van der Waals surface area (Å²) < 4.78 is 13.9. The number of ether oxygens (including phenoxy) is 1. The number of rotatable bonds is 5. The third kappa shape index (κ3) is 4.13. The Hall–Kier alpha value is -3.19. The fourth-order valence-corrected chi connectivity index (χ4v) is 4.92. The summed E-state index contributed by atoms with van der Waals surface area (Å²) in [6.07, 6.45) is 2.07. The highest BCUT2D eigenvalue weighted by molar-refractivity contribution is 5.77. The molecule has 7 nitrogen and oxygen atoms in total. The molecule has 5 rings (SSSR count). The number of benzene rings is 2. The summed E-state index contributed by atoms with van der Waals surface area (Å²) in [5.74, 6) is 3.14. The van der Waals surface area contributed by atoms with E-state index < -0.39 is 0 Å². The first-order chi connectivity index (χ1) is 16.0. The minimum absolute atomic E-state index is 0.148. The van der Waals surface area contributed by atoms with Crippen LogP contribution < -0.4 is 4.74 Å². The van der Waals surface area contributed by atoms with E-state index in [1.807, 2.05) is 28.9 Å². The van der Waals surface area contributed by atoms with Gasteiger partial charge in [0.05, 0.1) is 12.6 Å². The van der Waals surface area contributed by atoms with Gasteiger partial charge in [-0.25, -0.2) is 4.68 Å². The molecule has 0 N–H and O–H groups in total. The molecular weight excluding hydrogens is 414 g/mol. The van der Waals surface area contributed by atoms with E-state index in [0.717, 1.165) is 54.2 Å². The third-order valence-corrected chi connectivity index (χ3v) is 6.56. The van der Waals surface area contributed by atoms with Crippen LogP contribution in [-0.4, -0.2) is 45.3 Å². The second-order valence-electron chi connectivity index (χ2n) is 9.76. The van der Waals surface area contributed by atoms with Gasteiger partial charge >= 0.3 is 0 Å². The summed E-state index contributed by atoms with van der Waals surface area (Å²) in [7, 11) is 1.75. The van der Waals surface area contributed by atoms with Gasteiger partial charge in [0, 0.05) is 5.39 Å². The van der Waals surface area contributed by atoms with Crippen LogP contribution in [0.15, 0.2) is 59.0 Å². The molecule has 3 heterocycles. The van der Waals surface area contributed by atoms with Gasteiger partial charge in [0.25, 0.3) is 0 Å². The molecule has 0 spiro atoms. The van der Waals surface area contributed by atoms with Crippen molar-refractivity contribution >= 4 is 11.0 Å². The van der Waals surface area contributed by atoms with Gasteiger partial charge in [0.2, 0.25) is 0 Å². The fourth-order valence-electron chi connectivity index (χ4n) is 4.92. The van der Waals surface area contributed by atoms with Crippen molar-refractivity contribution in [2.45, 2.75) is 51.1 Å². The number of hydrogen-bond donors (Lipinski definition) is 0. The Labute approximate surface area is 194 Å². The number of likely N-dealkylation sites (tertiary alicyclic amines) is 1. The first-order valence-corrected chi connectivity index (χ1v) is 11.6. The van der Waals surface area contributed by atoms with Crippen LogP contribution in [0, 0.1) is 0 Å². The quantitative estimate of drug-likeness (QED) is 0.423. The lowest BCUT2D eigenvalue weighted by Crippen LogP contribution is -2.39. The Morgan fingerprint density at radius 2 is 1.76 bits per heavy atom. The Kier molecular flexibility index (Phi) is 5.66. The molecular formula is C26H31N5O2. The number of furan rings is 1. The predicted octanol–water partition coefficient (Wildman–Crippen LogP) is 5.15. The summed E-state index contributed by atoms with van der Waals surface area (Å²) in [5, 5.41) is 14.0. The number of hydrogen-bond acceptors (Lipinski definition) is 6. The third-order valence-electron chi connectivity index (χ3n) is 6.56. The maximum atomic E-state index is 6.35. The smallest absolute Gasteiger partial charge is 0.176 e. The van der Waals surface area contributed by atoms with E-state index in [1.165, 1.54) is 5.56 Å². The van der Waals surface area contributed by atoms with E-state index in [4.69, 9.17) is 9.15 Å². The van der Waals surface area contributed by atoms with Crippen molar-refractivity contribution in [2.24, 2.45) is 0 Å². The Balaban J connectivity index is 1.49. The van der Waals surface area contributed by atoms with Gasteiger partial charge < -0.3 is 9.15 Å². The SMILES string of the molecule is COc1ccccc1C1CCN(C(c2cc3ccccc3o2)c2nnnn2C(C)(C)C)CC1. The number of piperidine rings is 1. The van der Waals surface area contributed by atoms with Gasteiger partial charge in [-0.3, -0.25) is 4.90 Å². The fraction of sp³-hybridized carbons (Fsp3) is 0.423. The van der Waals surface area contributed by atoms with E-state index in [0.29, 0.717) is 5.92 Å². The van der Waals surface area contributed by atoms with Gasteiger partial charge in [0.15, 0.2) is 5.82 Å². The Morgan fingerprint density at radius 1 is 1.03 bits per heavy atom. The lowest BCUT2D eigenvalue weighted by Gasteiger charge is -2.37. The molecule has 0 amide bonds. The number of aromatic nitrogens is 4. The van der Waals surface area contributed by atoms with Crippen molar-refractivity contribution < 1.29 is 9.15 Å². The minimum atomic E-state index is -0.237. The number of nitrogens with zero attached hydrogens (tertiary/aromatic N) is 5. The van der Waals surface area contributed by atoms with Crippen molar-refractivity contribution in [1.29, 1.82) is 0 Å². The maximum Gasteiger partial charge on any atom is 0.176 e. The molecule has 33 heavy (non-hydrogen) atoms. The van der Waals surface area contributed by atoms with Crippen molar-refractivity contribution in [3.05, 3.63) is 71.7 Å². The number of para-hydroxylation sites is 2. The molecule has 1 aliphatic rings. The van der Waals surface area contributed by atoms with Crippen molar-refractivity contribution in [3.8, 4) is 5.75 Å². The molecule has 0 radical (unpaired) electrons. The van der Waals surface area contributed by atoms with E-state index in [2.05, 4.69) is 71.5 Å². The van der Waals surface area contributed by atoms with Crippen molar-refractivity contribution in [1.82, 2.24) is 25.1 Å². The van der Waals surface area contributed by atoms with Crippen LogP contribution in [-0.2, 0) is 5.54 Å². The number of fused-ring (bicyclic) bond motifs is 1. The van der Waals surface area contributed by atoms with Crippen LogP contribution in [0.5, 0.6) is 5.75 Å². The molecule has 1 fully saturated rings. The molecule has 2 aromatic carbocycles. The molecule has 1 atom stereocenters. The van der Waals surface area contributed by atoms with Crippen LogP contribution in [0.3, 0.4) is 0 Å². The van der Waals surface area contributed by atoms with Gasteiger partial charge in [-0.15, -0.1) is 5.10 Å². The normalized spacial score (nSPS) is 16.8. The van der Waals surface area contributed by atoms with Gasteiger partial charge in [-0.1, -0.05) is 36.4 Å². The Morgan fingerprint density at radius 3 is 2.48 bits per heavy atom. The highest BCUT2D eigenvalue weighted by Crippen LogP contribution is 2.39. The zero-order valence-corrected chi connectivity index (χ0v) is 19.7. The van der Waals surface area contributed by atoms with E-state index >= 15 is 0 Å². The second kappa shape index (κ2) is 8.63. The van der Waals surface area contributed by atoms with E-state index in [1.54, 1.807) is 7.11 Å². The molecule has 1 saturated heterocycles. The largest absolute Gasteiger partial charge is 0.496 e. The standard InChI is InChI=1S/C26H31N5O2/c1-26(2,3)31-25(27-28-29-31)24(23-17-19-9-5-7-11-21(19)33-23)30-15-13-18(14-16-30)20-10-6-8-12-22(20)32-4/h5-12,17-18,24H,13-16H2,1-4H3. The second-order valence-corrected chi connectivity index (χ2v) is 9.76. The molecule has 2 aromatic heterocycles. The lowest BCUT2D eigenvalue weighted by molar-refractivity contribution is 0.145. The van der Waals surface area contributed by atoms with Gasteiger partial charge in [-0.05, 0) is 86.8 Å². The van der Waals surface area contributed by atoms with Crippen LogP contribution in [0.25, 0.3) is 11.0 Å². The summed E-state index contributed by atoms with van der Waals surface area (Å²) in [6, 6.07) is 18.5. The summed E-state index contributed by atoms with van der Waals surface area (Å²) >= 11 is 0. The molecule has 0 aliphatic carbocycles. The van der Waals surface area contributed by atoms with E-state index in [9.17, 15) is 0 Å². The molecule has 172 valence electrons. The summed E-state index contributed by atoms with van der Waals surface area (Å²) in [6.45, 7) is 8.20. The van der Waals surface area contributed by atoms with Crippen LogP contribution in [0.1, 0.15) is 62.7 Å². The molecule has 0 saturated carbocycles. The molecule has 1 aliphatic heterocycles. The monoisotopic (exact) mass is 445 g/mol. The molecule has 0 bridgehead atoms. The zero-order valence-electron chi connectivity index (χ0n) is 19.7. The number of methoxy groups -OCH3 is 1.